The molecule has 6 nitrogen and oxygen atoms in total. The van der Waals surface area contributed by atoms with E-state index in [9.17, 15) is 18.8 Å². The molecular weight excluding hydrogens is 313 g/mol. The zero-order valence-electron chi connectivity index (χ0n) is 13.8. The van der Waals surface area contributed by atoms with Gasteiger partial charge in [0.05, 0.1) is 6.54 Å². The van der Waals surface area contributed by atoms with Crippen molar-refractivity contribution < 1.29 is 18.8 Å². The van der Waals surface area contributed by atoms with E-state index >= 15 is 0 Å². The molecule has 1 atom stereocenters. The number of carbonyl (C=O) groups is 3. The van der Waals surface area contributed by atoms with E-state index in [0.29, 0.717) is 0 Å². The van der Waals surface area contributed by atoms with Crippen LogP contribution in [0.15, 0.2) is 24.3 Å². The first-order valence-electron chi connectivity index (χ1n) is 8.00. The number of halogens is 1. The lowest BCUT2D eigenvalue weighted by Gasteiger charge is -2.21. The fourth-order valence-corrected chi connectivity index (χ4v) is 2.14. The maximum atomic E-state index is 12.9. The number of hydrogen-bond donors (Lipinski definition) is 3. The fraction of sp³-hybridized carbons (Fsp3) is 0.471. The van der Waals surface area contributed by atoms with E-state index in [1.165, 1.54) is 24.3 Å². The van der Waals surface area contributed by atoms with Gasteiger partial charge in [0.1, 0.15) is 11.9 Å². The molecule has 0 unspecified atom stereocenters. The van der Waals surface area contributed by atoms with Crippen molar-refractivity contribution in [1.29, 1.82) is 0 Å². The first kappa shape index (κ1) is 17.9. The highest BCUT2D eigenvalue weighted by molar-refractivity contribution is 5.98. The van der Waals surface area contributed by atoms with Crippen molar-refractivity contribution in [2.75, 3.05) is 6.54 Å². The third kappa shape index (κ3) is 5.33. The Morgan fingerprint density at radius 2 is 1.79 bits per heavy atom. The van der Waals surface area contributed by atoms with Gasteiger partial charge < -0.3 is 16.0 Å². The summed E-state index contributed by atoms with van der Waals surface area (Å²) in [6.45, 7) is 3.46. The van der Waals surface area contributed by atoms with Crippen LogP contribution in [0.25, 0.3) is 0 Å². The molecule has 1 aliphatic carbocycles. The Morgan fingerprint density at radius 3 is 2.33 bits per heavy atom. The Bertz CT molecular complexity index is 612. The topological polar surface area (TPSA) is 87.3 Å². The quantitative estimate of drug-likeness (QED) is 0.694. The Hall–Kier alpha value is -2.44. The highest BCUT2D eigenvalue weighted by atomic mass is 19.1. The largest absolute Gasteiger partial charge is 0.352 e. The van der Waals surface area contributed by atoms with E-state index in [1.54, 1.807) is 13.8 Å². The molecule has 1 aromatic carbocycles. The maximum Gasteiger partial charge on any atom is 0.251 e. The van der Waals surface area contributed by atoms with Crippen LogP contribution in [0.3, 0.4) is 0 Å². The van der Waals surface area contributed by atoms with Crippen molar-refractivity contribution in [2.24, 2.45) is 5.92 Å². The molecule has 0 aromatic heterocycles. The number of hydrogen-bond acceptors (Lipinski definition) is 3. The van der Waals surface area contributed by atoms with Gasteiger partial charge in [0.15, 0.2) is 0 Å². The summed E-state index contributed by atoms with van der Waals surface area (Å²) >= 11 is 0. The average molecular weight is 335 g/mol. The predicted octanol–water partition coefficient (Wildman–Crippen LogP) is 0.975. The molecule has 7 heteroatoms. The summed E-state index contributed by atoms with van der Waals surface area (Å²) in [6, 6.07) is 4.51. The number of nitrogens with one attached hydrogen (secondary N) is 3. The van der Waals surface area contributed by atoms with Crippen LogP contribution in [0.5, 0.6) is 0 Å². The van der Waals surface area contributed by atoms with Crippen LogP contribution in [0.2, 0.25) is 0 Å². The van der Waals surface area contributed by atoms with Gasteiger partial charge in [0, 0.05) is 11.6 Å². The van der Waals surface area contributed by atoms with Gasteiger partial charge in [0.2, 0.25) is 11.8 Å². The third-order valence-electron chi connectivity index (χ3n) is 3.71. The predicted molar refractivity (Wildman–Crippen MR) is 86.7 cm³/mol. The smallest absolute Gasteiger partial charge is 0.251 e. The van der Waals surface area contributed by atoms with Crippen molar-refractivity contribution in [3.8, 4) is 0 Å². The van der Waals surface area contributed by atoms with Crippen molar-refractivity contribution in [3.05, 3.63) is 35.6 Å². The minimum Gasteiger partial charge on any atom is -0.352 e. The third-order valence-corrected chi connectivity index (χ3v) is 3.71. The molecule has 2 rings (SSSR count). The Balaban J connectivity index is 1.89. The van der Waals surface area contributed by atoms with E-state index < -0.39 is 23.7 Å². The Labute approximate surface area is 140 Å². The monoisotopic (exact) mass is 335 g/mol. The molecular formula is C17H22FN3O3. The molecule has 1 saturated carbocycles. The van der Waals surface area contributed by atoms with Crippen LogP contribution in [-0.2, 0) is 9.59 Å². The average Bonchev–Trinajstić information content (AvgIpc) is 3.34. The molecule has 24 heavy (non-hydrogen) atoms. The standard InChI is InChI=1S/C17H22FN3O3/c1-10(2)15(17(24)19-9-14(22)20-13-7-8-13)21-16(23)11-3-5-12(18)6-4-11/h3-6,10,13,15H,7-9H2,1-2H3,(H,19,24)(H,20,22)(H,21,23)/t15-/m0/s1. The second kappa shape index (κ2) is 7.90. The van der Waals surface area contributed by atoms with Gasteiger partial charge in [-0.1, -0.05) is 13.8 Å². The maximum absolute atomic E-state index is 12.9. The van der Waals surface area contributed by atoms with E-state index in [2.05, 4.69) is 16.0 Å². The lowest BCUT2D eigenvalue weighted by atomic mass is 10.0. The van der Waals surface area contributed by atoms with Gasteiger partial charge >= 0.3 is 0 Å². The second-order valence-electron chi connectivity index (χ2n) is 6.26. The van der Waals surface area contributed by atoms with Crippen molar-refractivity contribution in [1.82, 2.24) is 16.0 Å². The summed E-state index contributed by atoms with van der Waals surface area (Å²) < 4.78 is 12.9. The zero-order valence-corrected chi connectivity index (χ0v) is 13.8. The van der Waals surface area contributed by atoms with Crippen LogP contribution in [0.1, 0.15) is 37.0 Å². The SMILES string of the molecule is CC(C)[C@H](NC(=O)c1ccc(F)cc1)C(=O)NCC(=O)NC1CC1. The van der Waals surface area contributed by atoms with E-state index in [-0.39, 0.29) is 30.0 Å². The zero-order chi connectivity index (χ0) is 17.7. The first-order chi connectivity index (χ1) is 11.4. The summed E-state index contributed by atoms with van der Waals surface area (Å²) in [5.74, 6) is -1.73. The van der Waals surface area contributed by atoms with Gasteiger partial charge in [-0.05, 0) is 43.0 Å². The summed E-state index contributed by atoms with van der Waals surface area (Å²) in [7, 11) is 0. The molecule has 0 spiro atoms. The minimum absolute atomic E-state index is 0.120. The lowest BCUT2D eigenvalue weighted by molar-refractivity contribution is -0.127. The van der Waals surface area contributed by atoms with Gasteiger partial charge in [0.25, 0.3) is 5.91 Å². The normalized spacial score (nSPS) is 14.8. The Kier molecular flexibility index (Phi) is 5.89. The van der Waals surface area contributed by atoms with Crippen LogP contribution < -0.4 is 16.0 Å². The molecule has 130 valence electrons. The molecule has 1 aliphatic rings. The van der Waals surface area contributed by atoms with E-state index in [4.69, 9.17) is 0 Å². The molecule has 0 heterocycles. The van der Waals surface area contributed by atoms with Gasteiger partial charge in [-0.25, -0.2) is 4.39 Å². The van der Waals surface area contributed by atoms with Crippen molar-refractivity contribution >= 4 is 17.7 Å². The van der Waals surface area contributed by atoms with Gasteiger partial charge in [-0.15, -0.1) is 0 Å². The summed E-state index contributed by atoms with van der Waals surface area (Å²) in [5, 5.41) is 7.93. The molecule has 3 amide bonds. The minimum atomic E-state index is -0.781. The van der Waals surface area contributed by atoms with Crippen LogP contribution >= 0.6 is 0 Å². The summed E-state index contributed by atoms with van der Waals surface area (Å²) in [4.78, 5) is 36.0. The molecule has 0 aliphatic heterocycles. The summed E-state index contributed by atoms with van der Waals surface area (Å²) in [6.07, 6.45) is 1.95. The number of amides is 3. The molecule has 3 N–H and O–H groups in total. The molecule has 0 saturated heterocycles. The molecule has 1 fully saturated rings. The van der Waals surface area contributed by atoms with E-state index in [1.807, 2.05) is 0 Å². The highest BCUT2D eigenvalue weighted by Gasteiger charge is 2.26. The molecule has 0 radical (unpaired) electrons. The number of rotatable bonds is 7. The van der Waals surface area contributed by atoms with Gasteiger partial charge in [-0.3, -0.25) is 14.4 Å². The first-order valence-corrected chi connectivity index (χ1v) is 8.00. The lowest BCUT2D eigenvalue weighted by Crippen LogP contribution is -2.51. The Morgan fingerprint density at radius 1 is 1.17 bits per heavy atom. The molecule has 0 bridgehead atoms. The van der Waals surface area contributed by atoms with E-state index in [0.717, 1.165) is 12.8 Å². The molecule has 1 aromatic rings. The van der Waals surface area contributed by atoms with Crippen LogP contribution in [0.4, 0.5) is 4.39 Å². The summed E-state index contributed by atoms with van der Waals surface area (Å²) in [5.41, 5.74) is 0.265. The van der Waals surface area contributed by atoms with Crippen molar-refractivity contribution in [3.63, 3.8) is 0 Å². The number of carbonyl (C=O) groups excluding carboxylic acids is 3. The van der Waals surface area contributed by atoms with Crippen LogP contribution in [0, 0.1) is 11.7 Å². The number of benzene rings is 1. The van der Waals surface area contributed by atoms with Crippen LogP contribution in [-0.4, -0.2) is 36.3 Å². The van der Waals surface area contributed by atoms with Crippen molar-refractivity contribution in [2.45, 2.75) is 38.8 Å². The van der Waals surface area contributed by atoms with Gasteiger partial charge in [-0.2, -0.15) is 0 Å². The second-order valence-corrected chi connectivity index (χ2v) is 6.26. The highest BCUT2D eigenvalue weighted by Crippen LogP contribution is 2.18. The fourth-order valence-electron chi connectivity index (χ4n) is 2.14.